The van der Waals surface area contributed by atoms with Gasteiger partial charge in [0, 0.05) is 6.54 Å². The van der Waals surface area contributed by atoms with E-state index in [1.165, 1.54) is 4.57 Å². The lowest BCUT2D eigenvalue weighted by Crippen LogP contribution is -2.23. The van der Waals surface area contributed by atoms with Gasteiger partial charge in [-0.2, -0.15) is 4.98 Å². The van der Waals surface area contributed by atoms with E-state index in [1.54, 1.807) is 18.2 Å². The molecule has 2 heterocycles. The molecule has 0 bridgehead atoms. The number of amides is 1. The van der Waals surface area contributed by atoms with E-state index in [1.807, 2.05) is 39.8 Å². The smallest absolute Gasteiger partial charge is 0.420 e. The maximum atomic E-state index is 12.7. The van der Waals surface area contributed by atoms with E-state index < -0.39 is 11.7 Å². The Morgan fingerprint density at radius 3 is 2.39 bits per heavy atom. The minimum absolute atomic E-state index is 0.000387. The second-order valence-electron chi connectivity index (χ2n) is 7.84. The first-order valence-electron chi connectivity index (χ1n) is 11.7. The van der Waals surface area contributed by atoms with Crippen molar-refractivity contribution in [2.45, 2.75) is 40.8 Å². The van der Waals surface area contributed by atoms with Gasteiger partial charge in [-0.15, -0.1) is 0 Å². The summed E-state index contributed by atoms with van der Waals surface area (Å²) in [6.45, 7) is 9.05. The van der Waals surface area contributed by atoms with E-state index in [0.29, 0.717) is 48.2 Å². The predicted octanol–water partition coefficient (Wildman–Crippen LogP) is 3.46. The van der Waals surface area contributed by atoms with Crippen molar-refractivity contribution in [1.82, 2.24) is 20.0 Å². The molecule has 0 radical (unpaired) electrons. The number of rotatable bonds is 11. The molecule has 0 atom stereocenters. The fourth-order valence-corrected chi connectivity index (χ4v) is 3.68. The molecule has 0 aliphatic heterocycles. The largest absolute Gasteiger partial charge is 0.490 e. The number of ether oxygens (including phenoxy) is 3. The summed E-state index contributed by atoms with van der Waals surface area (Å²) >= 11 is 0. The van der Waals surface area contributed by atoms with Crippen LogP contribution in [0.1, 0.15) is 48.4 Å². The number of aromatic nitrogens is 3. The molecule has 36 heavy (non-hydrogen) atoms. The molecule has 11 heteroatoms. The van der Waals surface area contributed by atoms with Crippen LogP contribution >= 0.6 is 0 Å². The molecule has 1 N–H and O–H groups in total. The van der Waals surface area contributed by atoms with Gasteiger partial charge in [0.2, 0.25) is 5.75 Å². The number of nitrogens with one attached hydrogen (secondary N) is 1. The fraction of sp³-hybridized carbons (Fsp3) is 0.360. The number of aryl methyl sites for hydroxylation is 1. The molecule has 190 valence electrons. The molecule has 11 nitrogen and oxygen atoms in total. The minimum atomic E-state index is -0.557. The maximum Gasteiger partial charge on any atom is 0.420 e. The second kappa shape index (κ2) is 11.0. The van der Waals surface area contributed by atoms with Gasteiger partial charge in [-0.25, -0.2) is 4.79 Å². The molecule has 0 aliphatic carbocycles. The molecule has 4 aromatic rings. The third-order valence-electron chi connectivity index (χ3n) is 5.21. The summed E-state index contributed by atoms with van der Waals surface area (Å²) in [4.78, 5) is 29.1. The van der Waals surface area contributed by atoms with Crippen molar-refractivity contribution in [3.63, 3.8) is 0 Å². The highest BCUT2D eigenvalue weighted by atomic mass is 16.5. The Labute approximate surface area is 206 Å². The third kappa shape index (κ3) is 5.35. The summed E-state index contributed by atoms with van der Waals surface area (Å²) in [7, 11) is 0. The predicted molar refractivity (Wildman–Crippen MR) is 130 cm³/mol. The Morgan fingerprint density at radius 1 is 1.03 bits per heavy atom. The van der Waals surface area contributed by atoms with E-state index in [2.05, 4.69) is 15.5 Å². The molecule has 4 rings (SSSR count). The summed E-state index contributed by atoms with van der Waals surface area (Å²) in [5, 5.41) is 6.59. The van der Waals surface area contributed by atoms with Gasteiger partial charge in [-0.05, 0) is 63.1 Å². The molecule has 0 spiro atoms. The van der Waals surface area contributed by atoms with Crippen LogP contribution in [0, 0.1) is 6.92 Å². The molecule has 2 aromatic heterocycles. The van der Waals surface area contributed by atoms with Crippen molar-refractivity contribution in [1.29, 1.82) is 0 Å². The zero-order valence-electron chi connectivity index (χ0n) is 20.6. The quantitative estimate of drug-likeness (QED) is 0.332. The highest BCUT2D eigenvalue weighted by molar-refractivity contribution is 5.89. The van der Waals surface area contributed by atoms with Crippen LogP contribution in [0.15, 0.2) is 44.1 Å². The molecule has 0 saturated heterocycles. The van der Waals surface area contributed by atoms with Gasteiger partial charge >= 0.3 is 17.6 Å². The van der Waals surface area contributed by atoms with Gasteiger partial charge < -0.3 is 28.5 Å². The lowest BCUT2D eigenvalue weighted by atomic mass is 10.1. The topological polar surface area (TPSA) is 131 Å². The Hall–Kier alpha value is -4.28. The first-order chi connectivity index (χ1) is 17.4. The van der Waals surface area contributed by atoms with Gasteiger partial charge in [-0.1, -0.05) is 11.2 Å². The van der Waals surface area contributed by atoms with Gasteiger partial charge in [0.05, 0.1) is 31.9 Å². The minimum Gasteiger partial charge on any atom is -0.490 e. The Bertz CT molecular complexity index is 1390. The molecular weight excluding hydrogens is 468 g/mol. The van der Waals surface area contributed by atoms with Gasteiger partial charge in [0.15, 0.2) is 22.9 Å². The van der Waals surface area contributed by atoms with Crippen molar-refractivity contribution in [3.8, 4) is 17.2 Å². The van der Waals surface area contributed by atoms with Gasteiger partial charge in [-0.3, -0.25) is 9.36 Å². The fourth-order valence-electron chi connectivity index (χ4n) is 3.68. The normalized spacial score (nSPS) is 11.0. The summed E-state index contributed by atoms with van der Waals surface area (Å²) < 4.78 is 28.9. The molecule has 1 amide bonds. The molecule has 2 aromatic carbocycles. The highest BCUT2D eigenvalue weighted by Gasteiger charge is 2.19. The van der Waals surface area contributed by atoms with E-state index in [4.69, 9.17) is 23.2 Å². The third-order valence-corrected chi connectivity index (χ3v) is 5.21. The monoisotopic (exact) mass is 496 g/mol. The van der Waals surface area contributed by atoms with E-state index in [0.717, 1.165) is 11.1 Å². The second-order valence-corrected chi connectivity index (χ2v) is 7.84. The number of carbonyl (C=O) groups is 1. The van der Waals surface area contributed by atoms with Crippen LogP contribution in [-0.2, 0) is 13.1 Å². The van der Waals surface area contributed by atoms with Crippen LogP contribution in [0.5, 0.6) is 17.2 Å². The Balaban J connectivity index is 1.48. The Morgan fingerprint density at radius 2 is 1.72 bits per heavy atom. The van der Waals surface area contributed by atoms with Crippen LogP contribution in [-0.4, -0.2) is 40.4 Å². The lowest BCUT2D eigenvalue weighted by Gasteiger charge is -2.17. The van der Waals surface area contributed by atoms with E-state index in [-0.39, 0.29) is 24.8 Å². The van der Waals surface area contributed by atoms with Crippen molar-refractivity contribution < 1.29 is 27.9 Å². The molecule has 0 fully saturated rings. The number of hydrogen-bond donors (Lipinski definition) is 1. The van der Waals surface area contributed by atoms with Crippen molar-refractivity contribution >= 4 is 17.0 Å². The molecule has 0 unspecified atom stereocenters. The molecule has 0 saturated carbocycles. The molecular formula is C25H28N4O7. The number of nitrogens with zero attached hydrogens (tertiary/aromatic N) is 3. The highest BCUT2D eigenvalue weighted by Crippen LogP contribution is 2.39. The summed E-state index contributed by atoms with van der Waals surface area (Å²) in [5.41, 5.74) is 2.78. The number of hydrogen-bond acceptors (Lipinski definition) is 9. The zero-order chi connectivity index (χ0) is 25.7. The zero-order valence-corrected chi connectivity index (χ0v) is 20.6. The maximum absolute atomic E-state index is 12.7. The molecule has 0 aliphatic rings. The lowest BCUT2D eigenvalue weighted by molar-refractivity contribution is 0.0907. The number of carbonyl (C=O) groups excluding carboxylic acids is 1. The van der Waals surface area contributed by atoms with Crippen molar-refractivity contribution in [2.24, 2.45) is 0 Å². The van der Waals surface area contributed by atoms with Crippen LogP contribution in [0.4, 0.5) is 0 Å². The summed E-state index contributed by atoms with van der Waals surface area (Å²) in [5.74, 6) is 0.434. The Kier molecular flexibility index (Phi) is 7.57. The van der Waals surface area contributed by atoms with Crippen molar-refractivity contribution in [3.05, 3.63) is 63.7 Å². The first-order valence-corrected chi connectivity index (χ1v) is 11.7. The number of benzene rings is 2. The summed E-state index contributed by atoms with van der Waals surface area (Å²) in [6, 6.07) is 8.99. The standard InChI is InChI=1S/C25H28N4O7/c1-5-32-19-11-16(12-20(33-6-2)22(19)34-7-3)13-26-23(30)24-27-21(28-36-24)14-29-17-10-15(4)8-9-18(17)35-25(29)31/h8-12H,5-7,13-14H2,1-4H3,(H,26,30). The van der Waals surface area contributed by atoms with Crippen LogP contribution in [0.25, 0.3) is 11.1 Å². The van der Waals surface area contributed by atoms with Crippen LogP contribution in [0.2, 0.25) is 0 Å². The van der Waals surface area contributed by atoms with Crippen molar-refractivity contribution in [2.75, 3.05) is 19.8 Å². The van der Waals surface area contributed by atoms with E-state index >= 15 is 0 Å². The SMILES string of the molecule is CCOc1cc(CNC(=O)c2nc(Cn3c(=O)oc4ccc(C)cc43)no2)cc(OCC)c1OCC. The number of fused-ring (bicyclic) bond motifs is 1. The average Bonchev–Trinajstić information content (AvgIpc) is 3.45. The van der Waals surface area contributed by atoms with Gasteiger partial charge in [0.1, 0.15) is 0 Å². The van der Waals surface area contributed by atoms with E-state index in [9.17, 15) is 9.59 Å². The first kappa shape index (κ1) is 24.8. The average molecular weight is 497 g/mol. The number of oxazole rings is 1. The van der Waals surface area contributed by atoms with Gasteiger partial charge in [0.25, 0.3) is 0 Å². The summed E-state index contributed by atoms with van der Waals surface area (Å²) in [6.07, 6.45) is 0. The van der Waals surface area contributed by atoms with Crippen LogP contribution in [0.3, 0.4) is 0 Å². The van der Waals surface area contributed by atoms with Crippen LogP contribution < -0.4 is 25.3 Å².